The van der Waals surface area contributed by atoms with Crippen molar-refractivity contribution in [3.8, 4) is 57.8 Å². The van der Waals surface area contributed by atoms with Gasteiger partial charge in [0.25, 0.3) is 11.8 Å². The molecule has 10 rings (SSSR count). The van der Waals surface area contributed by atoms with Crippen molar-refractivity contribution >= 4 is 21.6 Å². The van der Waals surface area contributed by atoms with E-state index in [1.807, 2.05) is 44.2 Å². The smallest absolute Gasteiger partial charge is 0.437 e. The van der Waals surface area contributed by atoms with Gasteiger partial charge in [-0.05, 0) is 112 Å². The van der Waals surface area contributed by atoms with Crippen LogP contribution >= 0.6 is 15.9 Å². The third-order valence-corrected chi connectivity index (χ3v) is 11.9. The van der Waals surface area contributed by atoms with Crippen LogP contribution in [0.1, 0.15) is 34.0 Å². The summed E-state index contributed by atoms with van der Waals surface area (Å²) in [5, 5.41) is 11.0. The zero-order valence-electron chi connectivity index (χ0n) is 39.9. The summed E-state index contributed by atoms with van der Waals surface area (Å²) >= 11 is 3.44. The average molecular weight is 1080 g/mol. The van der Waals surface area contributed by atoms with Crippen LogP contribution in [0.5, 0.6) is 11.5 Å². The summed E-state index contributed by atoms with van der Waals surface area (Å²) in [6, 6.07) is 26.5. The minimum Gasteiger partial charge on any atom is -0.437 e. The normalized spacial score (nSPS) is 14.5. The molecular formula is C50H49BrF6N10O6. The molecule has 0 atom stereocenters. The van der Waals surface area contributed by atoms with Crippen LogP contribution in [-0.4, -0.2) is 119 Å². The highest BCUT2D eigenvalue weighted by Crippen LogP contribution is 2.31. The van der Waals surface area contributed by atoms with Gasteiger partial charge >= 0.3 is 24.5 Å². The Hall–Kier alpha value is -7.08. The Kier molecular flexibility index (Phi) is 16.6. The molecule has 0 radical (unpaired) electrons. The molecule has 2 aliphatic rings. The molecule has 0 unspecified atom stereocenters. The number of aromatic nitrogens is 6. The van der Waals surface area contributed by atoms with Crippen molar-refractivity contribution in [1.82, 2.24) is 45.4 Å². The highest BCUT2D eigenvalue weighted by atomic mass is 79.9. The minimum absolute atomic E-state index is 0.0733. The van der Waals surface area contributed by atoms with Crippen molar-refractivity contribution in [3.05, 3.63) is 136 Å². The highest BCUT2D eigenvalue weighted by Gasteiger charge is 2.32. The molecule has 0 saturated carbocycles. The summed E-state index contributed by atoms with van der Waals surface area (Å²) in [6.07, 6.45) is -8.41. The second kappa shape index (κ2) is 23.2. The Bertz CT molecular complexity index is 3040. The number of likely N-dealkylation sites (N-methyl/N-ethyl adjacent to an activating group) is 2. The van der Waals surface area contributed by atoms with E-state index >= 15 is 0 Å². The summed E-state index contributed by atoms with van der Waals surface area (Å²) in [6.45, 7) is 12.5. The van der Waals surface area contributed by atoms with Gasteiger partial charge in [0.15, 0.2) is 0 Å². The van der Waals surface area contributed by atoms with Crippen LogP contribution in [0, 0.1) is 13.8 Å². The first-order valence-corrected chi connectivity index (χ1v) is 23.7. The van der Waals surface area contributed by atoms with Gasteiger partial charge in [0.2, 0.25) is 11.6 Å². The van der Waals surface area contributed by atoms with E-state index in [1.54, 1.807) is 0 Å². The Balaban J connectivity index is 0.000000174. The van der Waals surface area contributed by atoms with Crippen LogP contribution in [-0.2, 0) is 12.8 Å². The number of anilines is 1. The van der Waals surface area contributed by atoms with Crippen LogP contribution in [0.3, 0.4) is 0 Å². The number of ether oxygens (including phenoxy) is 2. The number of hydrogen-bond donors (Lipinski definition) is 1. The minimum atomic E-state index is -4.76. The van der Waals surface area contributed by atoms with E-state index in [0.29, 0.717) is 46.9 Å². The summed E-state index contributed by atoms with van der Waals surface area (Å²) in [5.74, 6) is 1.58. The predicted octanol–water partition coefficient (Wildman–Crippen LogP) is 10.4. The van der Waals surface area contributed by atoms with Gasteiger partial charge in [0.05, 0.1) is 11.4 Å². The molecule has 2 aliphatic heterocycles. The van der Waals surface area contributed by atoms with Gasteiger partial charge < -0.3 is 47.4 Å². The fourth-order valence-corrected chi connectivity index (χ4v) is 8.00. The lowest BCUT2D eigenvalue weighted by atomic mass is 10.1. The van der Waals surface area contributed by atoms with Crippen molar-refractivity contribution in [2.45, 2.75) is 39.4 Å². The van der Waals surface area contributed by atoms with Crippen LogP contribution in [0.15, 0.2) is 119 Å². The quantitative estimate of drug-likeness (QED) is 0.121. The van der Waals surface area contributed by atoms with Crippen LogP contribution < -0.4 is 19.7 Å². The second-order valence-corrected chi connectivity index (χ2v) is 18.0. The van der Waals surface area contributed by atoms with E-state index in [-0.39, 0.29) is 46.7 Å². The van der Waals surface area contributed by atoms with E-state index in [4.69, 9.17) is 17.9 Å². The Morgan fingerprint density at radius 3 is 1.45 bits per heavy atom. The van der Waals surface area contributed by atoms with Gasteiger partial charge in [-0.15, -0.1) is 26.3 Å². The molecule has 2 saturated heterocycles. The maximum atomic E-state index is 12.4. The number of rotatable bonds is 11. The van der Waals surface area contributed by atoms with E-state index in [9.17, 15) is 26.3 Å². The number of halogens is 7. The lowest BCUT2D eigenvalue weighted by molar-refractivity contribution is -0.275. The van der Waals surface area contributed by atoms with E-state index in [0.717, 1.165) is 54.9 Å². The average Bonchev–Trinajstić information content (AvgIpc) is 4.18. The highest BCUT2D eigenvalue weighted by molar-refractivity contribution is 9.10. The molecule has 2 fully saturated rings. The molecule has 16 nitrogen and oxygen atoms in total. The van der Waals surface area contributed by atoms with Gasteiger partial charge in [0, 0.05) is 86.5 Å². The second-order valence-electron chi connectivity index (χ2n) is 17.0. The summed E-state index contributed by atoms with van der Waals surface area (Å²) in [5.41, 5.74) is 5.65. The fraction of sp³-hybridized carbons (Fsp3) is 0.320. The molecule has 0 spiro atoms. The van der Waals surface area contributed by atoms with Crippen LogP contribution in [0.4, 0.5) is 32.0 Å². The van der Waals surface area contributed by atoms with Crippen molar-refractivity contribution < 1.29 is 53.7 Å². The molecular weight excluding hydrogens is 1030 g/mol. The summed E-state index contributed by atoms with van der Waals surface area (Å²) < 4.78 is 105. The first kappa shape index (κ1) is 52.2. The monoisotopic (exact) mass is 1080 g/mol. The van der Waals surface area contributed by atoms with Gasteiger partial charge in [-0.25, -0.2) is 9.97 Å². The number of nitrogens with zero attached hydrogens (tertiary/aromatic N) is 9. The molecule has 73 heavy (non-hydrogen) atoms. The van der Waals surface area contributed by atoms with Gasteiger partial charge in [-0.2, -0.15) is 9.97 Å². The van der Waals surface area contributed by atoms with Gasteiger partial charge in [0.1, 0.15) is 23.0 Å². The SMILES string of the molecule is CN1CCNCC1.Cc1nc(-c2nc(-c3ccc(OC(F)(F)F)cc3)no2)oc1Cc1cccc(Br)c1.Cc1nc(-c2nc(-c3ccc(OC(F)(F)F)cc3)no2)oc1Cc1cccc(N2CCN(C)CC2)c1. The molecule has 0 amide bonds. The topological polar surface area (TPSA) is 170 Å². The molecule has 0 bridgehead atoms. The number of oxazole rings is 2. The lowest BCUT2D eigenvalue weighted by Crippen LogP contribution is -2.44. The molecule has 1 N–H and O–H groups in total. The van der Waals surface area contributed by atoms with Crippen molar-refractivity contribution in [2.24, 2.45) is 0 Å². The first-order chi connectivity index (χ1) is 34.9. The third kappa shape index (κ3) is 15.0. The van der Waals surface area contributed by atoms with E-state index in [1.165, 1.54) is 67.3 Å². The number of nitrogens with one attached hydrogen (secondary N) is 1. The number of aryl methyl sites for hydroxylation is 2. The standard InChI is InChI=1S/C25H24F3N5O3.C20H13BrF3N3O3.C5H12N2/c1-16-21(15-17-4-3-5-19(14-17)33-12-10-32(2)11-13-33)34-23(29-16)24-30-22(31-36-24)18-6-8-20(9-7-18)35-25(26,27)28;1-11-16(10-12-3-2-4-14(21)9-12)28-18(25-11)19-26-17(27-30-19)13-5-7-15(8-6-13)29-20(22,23)24;1-7-4-2-6-3-5-7/h3-9,14H,10-13,15H2,1-2H3;2-9H,10H2,1H3;6H,2-5H2,1H3. The van der Waals surface area contributed by atoms with Gasteiger partial charge in [-0.1, -0.05) is 50.5 Å². The molecule has 4 aromatic heterocycles. The molecule has 6 heterocycles. The molecule has 8 aromatic rings. The first-order valence-electron chi connectivity index (χ1n) is 22.9. The zero-order chi connectivity index (χ0) is 51.7. The van der Waals surface area contributed by atoms with Crippen molar-refractivity contribution in [3.63, 3.8) is 0 Å². The largest absolute Gasteiger partial charge is 0.573 e. The fourth-order valence-electron chi connectivity index (χ4n) is 7.56. The van der Waals surface area contributed by atoms with Crippen LogP contribution in [0.25, 0.3) is 46.3 Å². The summed E-state index contributed by atoms with van der Waals surface area (Å²) in [4.78, 5) is 24.3. The van der Waals surface area contributed by atoms with E-state index in [2.05, 4.69) is 108 Å². The van der Waals surface area contributed by atoms with Crippen LogP contribution in [0.2, 0.25) is 0 Å². The summed E-state index contributed by atoms with van der Waals surface area (Å²) in [7, 11) is 4.29. The third-order valence-electron chi connectivity index (χ3n) is 11.4. The zero-order valence-corrected chi connectivity index (χ0v) is 41.5. The molecule has 384 valence electrons. The number of hydrogen-bond acceptors (Lipinski definition) is 16. The number of alkyl halides is 6. The Labute approximate surface area is 423 Å². The lowest BCUT2D eigenvalue weighted by Gasteiger charge is -2.34. The molecule has 0 aliphatic carbocycles. The van der Waals surface area contributed by atoms with Crippen molar-refractivity contribution in [2.75, 3.05) is 71.4 Å². The predicted molar refractivity (Wildman–Crippen MR) is 260 cm³/mol. The number of benzene rings is 4. The van der Waals surface area contributed by atoms with Crippen molar-refractivity contribution in [1.29, 1.82) is 0 Å². The maximum absolute atomic E-state index is 12.4. The Morgan fingerprint density at radius 2 is 1.01 bits per heavy atom. The van der Waals surface area contributed by atoms with Gasteiger partial charge in [-0.3, -0.25) is 0 Å². The maximum Gasteiger partial charge on any atom is 0.573 e. The molecule has 23 heteroatoms. The van der Waals surface area contributed by atoms with E-state index < -0.39 is 12.7 Å². The molecule has 4 aromatic carbocycles. The Morgan fingerprint density at radius 1 is 0.562 bits per heavy atom. The number of piperazine rings is 2.